The largest absolute Gasteiger partial charge is 0.484 e. The number of hydrogen-bond acceptors (Lipinski definition) is 3. The summed E-state index contributed by atoms with van der Waals surface area (Å²) in [6.45, 7) is 10.4. The van der Waals surface area contributed by atoms with Crippen LogP contribution in [0.25, 0.3) is 0 Å². The number of nitrogens with zero attached hydrogens (tertiary/aromatic N) is 1. The highest BCUT2D eigenvalue weighted by Gasteiger charge is 2.29. The van der Waals surface area contributed by atoms with Crippen LogP contribution in [-0.2, 0) is 16.1 Å². The van der Waals surface area contributed by atoms with E-state index in [-0.39, 0.29) is 24.5 Å². The Morgan fingerprint density at radius 2 is 1.58 bits per heavy atom. The third kappa shape index (κ3) is 7.42. The average Bonchev–Trinajstić information content (AvgIpc) is 2.78. The molecule has 0 aliphatic heterocycles. The molecule has 2 amide bonds. The molecule has 0 aliphatic carbocycles. The zero-order valence-corrected chi connectivity index (χ0v) is 19.4. The van der Waals surface area contributed by atoms with E-state index in [2.05, 4.69) is 19.2 Å². The van der Waals surface area contributed by atoms with Crippen LogP contribution in [0.15, 0.2) is 54.6 Å². The summed E-state index contributed by atoms with van der Waals surface area (Å²) in [5.41, 5.74) is 2.20. The van der Waals surface area contributed by atoms with Crippen LogP contribution < -0.4 is 10.1 Å². The minimum atomic E-state index is -0.548. The Balaban J connectivity index is 2.15. The van der Waals surface area contributed by atoms with Crippen LogP contribution in [0, 0.1) is 0 Å². The maximum absolute atomic E-state index is 13.2. The van der Waals surface area contributed by atoms with E-state index >= 15 is 0 Å². The molecule has 0 heterocycles. The quantitative estimate of drug-likeness (QED) is 0.557. The van der Waals surface area contributed by atoms with Crippen LogP contribution in [0.5, 0.6) is 5.75 Å². The van der Waals surface area contributed by atoms with Crippen LogP contribution in [-0.4, -0.2) is 35.4 Å². The number of carbonyl (C=O) groups excluding carboxylic acids is 2. The van der Waals surface area contributed by atoms with Crippen molar-refractivity contribution in [2.24, 2.45) is 0 Å². The first kappa shape index (κ1) is 24.4. The second-order valence-corrected chi connectivity index (χ2v) is 8.26. The monoisotopic (exact) mass is 424 g/mol. The lowest BCUT2D eigenvalue weighted by atomic mass is 10.0. The van der Waals surface area contributed by atoms with Gasteiger partial charge in [0.2, 0.25) is 5.91 Å². The number of ether oxygens (including phenoxy) is 1. The Morgan fingerprint density at radius 3 is 2.13 bits per heavy atom. The highest BCUT2D eigenvalue weighted by atomic mass is 16.5. The molecule has 0 spiro atoms. The van der Waals surface area contributed by atoms with Crippen molar-refractivity contribution in [2.45, 2.75) is 72.0 Å². The molecule has 0 unspecified atom stereocenters. The molecule has 0 saturated carbocycles. The maximum Gasteiger partial charge on any atom is 0.261 e. The van der Waals surface area contributed by atoms with Crippen molar-refractivity contribution < 1.29 is 14.3 Å². The molecule has 5 nitrogen and oxygen atoms in total. The smallest absolute Gasteiger partial charge is 0.261 e. The van der Waals surface area contributed by atoms with Gasteiger partial charge in [-0.05, 0) is 48.9 Å². The molecule has 2 aromatic carbocycles. The Morgan fingerprint density at radius 1 is 0.935 bits per heavy atom. The second kappa shape index (κ2) is 12.1. The van der Waals surface area contributed by atoms with Gasteiger partial charge in [-0.25, -0.2) is 0 Å². The molecule has 0 radical (unpaired) electrons. The van der Waals surface area contributed by atoms with Crippen molar-refractivity contribution in [3.63, 3.8) is 0 Å². The van der Waals surface area contributed by atoms with Gasteiger partial charge in [0.1, 0.15) is 11.8 Å². The lowest BCUT2D eigenvalue weighted by molar-refractivity contribution is -0.143. The number of hydrogen-bond donors (Lipinski definition) is 1. The van der Waals surface area contributed by atoms with Crippen molar-refractivity contribution >= 4 is 11.8 Å². The van der Waals surface area contributed by atoms with E-state index in [0.717, 1.165) is 12.0 Å². The van der Waals surface area contributed by atoms with Gasteiger partial charge in [-0.15, -0.1) is 0 Å². The molecule has 0 fully saturated rings. The molecule has 2 rings (SSSR count). The van der Waals surface area contributed by atoms with Gasteiger partial charge in [0.05, 0.1) is 0 Å². The fraction of sp³-hybridized carbons (Fsp3) is 0.462. The van der Waals surface area contributed by atoms with E-state index in [4.69, 9.17) is 4.74 Å². The van der Waals surface area contributed by atoms with E-state index in [0.29, 0.717) is 24.6 Å². The molecule has 0 saturated heterocycles. The Labute approximate surface area is 186 Å². The van der Waals surface area contributed by atoms with Crippen molar-refractivity contribution in [2.75, 3.05) is 6.61 Å². The third-order valence-corrected chi connectivity index (χ3v) is 5.49. The summed E-state index contributed by atoms with van der Waals surface area (Å²) in [5.74, 6) is 0.756. The fourth-order valence-electron chi connectivity index (χ4n) is 3.32. The summed E-state index contributed by atoms with van der Waals surface area (Å²) >= 11 is 0. The van der Waals surface area contributed by atoms with E-state index in [1.807, 2.05) is 75.4 Å². The molecule has 31 heavy (non-hydrogen) atoms. The van der Waals surface area contributed by atoms with E-state index in [1.165, 1.54) is 5.56 Å². The summed E-state index contributed by atoms with van der Waals surface area (Å²) in [7, 11) is 0. The van der Waals surface area contributed by atoms with Gasteiger partial charge in [0, 0.05) is 12.6 Å². The molecule has 5 heteroatoms. The summed E-state index contributed by atoms with van der Waals surface area (Å²) < 4.78 is 5.77. The number of benzene rings is 2. The van der Waals surface area contributed by atoms with Crippen LogP contribution in [0.2, 0.25) is 0 Å². The van der Waals surface area contributed by atoms with E-state index < -0.39 is 6.04 Å². The van der Waals surface area contributed by atoms with Crippen molar-refractivity contribution in [1.29, 1.82) is 0 Å². The zero-order valence-electron chi connectivity index (χ0n) is 19.4. The van der Waals surface area contributed by atoms with Gasteiger partial charge < -0.3 is 15.0 Å². The van der Waals surface area contributed by atoms with Gasteiger partial charge in [0.15, 0.2) is 6.61 Å². The number of nitrogens with one attached hydrogen (secondary N) is 1. The molecule has 2 aromatic rings. The lowest BCUT2D eigenvalue weighted by Crippen LogP contribution is -2.51. The number of rotatable bonds is 11. The molecular weight excluding hydrogens is 388 g/mol. The zero-order chi connectivity index (χ0) is 22.8. The lowest BCUT2D eigenvalue weighted by Gasteiger charge is -2.31. The molecule has 2 atom stereocenters. The molecule has 0 aliphatic rings. The Hall–Kier alpha value is -2.82. The summed E-state index contributed by atoms with van der Waals surface area (Å²) in [5, 5.41) is 3.02. The van der Waals surface area contributed by atoms with Gasteiger partial charge in [-0.2, -0.15) is 0 Å². The van der Waals surface area contributed by atoms with Gasteiger partial charge in [-0.3, -0.25) is 9.59 Å². The van der Waals surface area contributed by atoms with Gasteiger partial charge in [-0.1, -0.05) is 70.2 Å². The molecule has 0 bridgehead atoms. The van der Waals surface area contributed by atoms with Crippen molar-refractivity contribution in [3.05, 3.63) is 65.7 Å². The third-order valence-electron chi connectivity index (χ3n) is 5.49. The highest BCUT2D eigenvalue weighted by molar-refractivity contribution is 5.88. The first-order valence-corrected chi connectivity index (χ1v) is 11.2. The minimum absolute atomic E-state index is 0.0611. The summed E-state index contributed by atoms with van der Waals surface area (Å²) in [6.07, 6.45) is 1.37. The predicted molar refractivity (Wildman–Crippen MR) is 125 cm³/mol. The van der Waals surface area contributed by atoms with Crippen LogP contribution in [0.3, 0.4) is 0 Å². The minimum Gasteiger partial charge on any atom is -0.484 e. The first-order valence-electron chi connectivity index (χ1n) is 11.2. The predicted octanol–water partition coefficient (Wildman–Crippen LogP) is 4.91. The molecule has 0 aromatic heterocycles. The standard InChI is InChI=1S/C26H36N2O3/c1-6-20(5)27-26(30)24(7-2)28(17-21-11-9-8-10-12-21)25(29)18-31-23-15-13-22(14-16-23)19(3)4/h8-16,19-20,24H,6-7,17-18H2,1-5H3,(H,27,30)/t20-,24+/m1/s1. The van der Waals surface area contributed by atoms with Crippen LogP contribution >= 0.6 is 0 Å². The molecular formula is C26H36N2O3. The van der Waals surface area contributed by atoms with Crippen LogP contribution in [0.4, 0.5) is 0 Å². The van der Waals surface area contributed by atoms with Gasteiger partial charge >= 0.3 is 0 Å². The first-order chi connectivity index (χ1) is 14.8. The van der Waals surface area contributed by atoms with E-state index in [1.54, 1.807) is 4.90 Å². The SMILES string of the molecule is CC[C@@H](C)NC(=O)[C@H](CC)N(Cc1ccccc1)C(=O)COc1ccc(C(C)C)cc1. The highest BCUT2D eigenvalue weighted by Crippen LogP contribution is 2.19. The average molecular weight is 425 g/mol. The summed E-state index contributed by atoms with van der Waals surface area (Å²) in [6, 6.07) is 17.0. The Bertz CT molecular complexity index is 818. The molecule has 168 valence electrons. The summed E-state index contributed by atoms with van der Waals surface area (Å²) in [4.78, 5) is 27.7. The van der Waals surface area contributed by atoms with E-state index in [9.17, 15) is 9.59 Å². The topological polar surface area (TPSA) is 58.6 Å². The van der Waals surface area contributed by atoms with Crippen molar-refractivity contribution in [1.82, 2.24) is 10.2 Å². The van der Waals surface area contributed by atoms with Gasteiger partial charge in [0.25, 0.3) is 5.91 Å². The number of carbonyl (C=O) groups is 2. The second-order valence-electron chi connectivity index (χ2n) is 8.26. The maximum atomic E-state index is 13.2. The van der Waals surface area contributed by atoms with Crippen LogP contribution in [0.1, 0.15) is 64.5 Å². The van der Waals surface area contributed by atoms with Crippen molar-refractivity contribution in [3.8, 4) is 5.75 Å². The fourth-order valence-corrected chi connectivity index (χ4v) is 3.32. The number of amides is 2. The molecule has 1 N–H and O–H groups in total. The normalized spacial score (nSPS) is 12.8. The Kier molecular flexibility index (Phi) is 9.57.